The summed E-state index contributed by atoms with van der Waals surface area (Å²) in [6.07, 6.45) is 0. The Kier molecular flexibility index (Phi) is 6.17. The van der Waals surface area contributed by atoms with Gasteiger partial charge in [-0.05, 0) is 18.1 Å². The molecule has 18 heteroatoms. The van der Waals surface area contributed by atoms with E-state index in [0.29, 0.717) is 0 Å². The summed E-state index contributed by atoms with van der Waals surface area (Å²) in [4.78, 5) is 0. The van der Waals surface area contributed by atoms with Crippen LogP contribution in [0.4, 0.5) is 0 Å². The summed E-state index contributed by atoms with van der Waals surface area (Å²) in [7, 11) is -13.0. The maximum absolute atomic E-state index is 11.2. The number of hydrogen-bond donors (Lipinski definition) is 4. The molecule has 14 nitrogen and oxygen atoms in total. The summed E-state index contributed by atoms with van der Waals surface area (Å²) in [5.41, 5.74) is 20.3. The molecule has 8 N–H and O–H groups in total. The Hall–Kier alpha value is -0.000000000000000104. The highest BCUT2D eigenvalue weighted by Crippen LogP contribution is 2.48. The summed E-state index contributed by atoms with van der Waals surface area (Å²) in [5, 5.41) is 0. The molecule has 1 rings (SSSR count). The molecule has 0 bridgehead atoms. The third kappa shape index (κ3) is 6.64. The fraction of sp³-hybridized carbons (Fsp3) is 1.00. The first kappa shape index (κ1) is 18.1. The number of hydrogen-bond acceptors (Lipinski definition) is 14. The second-order valence-corrected chi connectivity index (χ2v) is 6.69. The Bertz CT molecular complexity index is 386. The lowest BCUT2D eigenvalue weighted by atomic mass is 11.0. The SMILES string of the molecule is NC1(N)O[P+](=O)O[P+](=O)OC(N)(N)O[P+](=O)O[P+](=O)O1. The van der Waals surface area contributed by atoms with Crippen molar-refractivity contribution >= 4 is 33.0 Å². The van der Waals surface area contributed by atoms with Gasteiger partial charge in [0.2, 0.25) is 0 Å². The fourth-order valence-corrected chi connectivity index (χ4v) is 3.28. The van der Waals surface area contributed by atoms with Crippen LogP contribution in [0.15, 0.2) is 0 Å². The van der Waals surface area contributed by atoms with Gasteiger partial charge in [0.25, 0.3) is 0 Å². The van der Waals surface area contributed by atoms with E-state index in [0.717, 1.165) is 0 Å². The van der Waals surface area contributed by atoms with E-state index in [1.807, 2.05) is 0 Å². The van der Waals surface area contributed by atoms with Crippen molar-refractivity contribution in [2.75, 3.05) is 0 Å². The predicted molar refractivity (Wildman–Crippen MR) is 59.1 cm³/mol. The predicted octanol–water partition coefficient (Wildman–Crippen LogP) is -0.213. The van der Waals surface area contributed by atoms with Crippen molar-refractivity contribution in [3.05, 3.63) is 0 Å². The van der Waals surface area contributed by atoms with Crippen LogP contribution in [0.25, 0.3) is 0 Å². The summed E-state index contributed by atoms with van der Waals surface area (Å²) in [6.45, 7) is 0. The molecule has 0 amide bonds. The van der Waals surface area contributed by atoms with Gasteiger partial charge in [0.15, 0.2) is 8.62 Å². The second-order valence-electron chi connectivity index (χ2n) is 2.87. The summed E-state index contributed by atoms with van der Waals surface area (Å²) in [6, 6.07) is -5.45. The van der Waals surface area contributed by atoms with Crippen LogP contribution in [0.2, 0.25) is 0 Å². The van der Waals surface area contributed by atoms with Crippen LogP contribution in [0.1, 0.15) is 0 Å². The minimum atomic E-state index is -3.24. The van der Waals surface area contributed by atoms with E-state index in [1.165, 1.54) is 0 Å². The van der Waals surface area contributed by atoms with Crippen LogP contribution >= 0.6 is 33.0 Å². The van der Waals surface area contributed by atoms with E-state index < -0.39 is 45.1 Å². The number of rotatable bonds is 0. The first-order valence-corrected chi connectivity index (χ1v) is 8.54. The average Bonchev–Trinajstić information content (AvgIpc) is 2.08. The second kappa shape index (κ2) is 6.84. The number of nitrogens with two attached hydrogens (primary N) is 4. The van der Waals surface area contributed by atoms with E-state index in [4.69, 9.17) is 22.9 Å². The van der Waals surface area contributed by atoms with Gasteiger partial charge in [-0.25, -0.2) is 0 Å². The van der Waals surface area contributed by atoms with Gasteiger partial charge in [-0.1, -0.05) is 0 Å². The molecule has 0 saturated carbocycles. The van der Waals surface area contributed by atoms with Crippen molar-refractivity contribution in [1.82, 2.24) is 0 Å². The van der Waals surface area contributed by atoms with E-state index in [9.17, 15) is 18.3 Å². The van der Waals surface area contributed by atoms with Crippen LogP contribution in [0.3, 0.4) is 0 Å². The molecule has 4 unspecified atom stereocenters. The lowest BCUT2D eigenvalue weighted by molar-refractivity contribution is -0.116. The highest BCUT2D eigenvalue weighted by atomic mass is 31.2. The topological polar surface area (TPSA) is 228 Å². The van der Waals surface area contributed by atoms with Crippen molar-refractivity contribution in [2.45, 2.75) is 12.1 Å². The van der Waals surface area contributed by atoms with Crippen LogP contribution < -0.4 is 22.9 Å². The Morgan fingerprint density at radius 2 is 0.750 bits per heavy atom. The Morgan fingerprint density at radius 3 is 0.950 bits per heavy atom. The van der Waals surface area contributed by atoms with Crippen molar-refractivity contribution in [3.63, 3.8) is 0 Å². The third-order valence-electron chi connectivity index (χ3n) is 1.14. The largest absolute Gasteiger partial charge is 0.753 e. The Morgan fingerprint density at radius 1 is 0.550 bits per heavy atom. The lowest BCUT2D eigenvalue weighted by Crippen LogP contribution is -2.52. The van der Waals surface area contributed by atoms with Gasteiger partial charge in [-0.3, -0.25) is 22.9 Å². The molecule has 4 atom stereocenters. The van der Waals surface area contributed by atoms with E-state index >= 15 is 0 Å². The van der Waals surface area contributed by atoms with Crippen LogP contribution in [0.5, 0.6) is 0 Å². The molecule has 1 fully saturated rings. The molecule has 112 valence electrons. The van der Waals surface area contributed by atoms with Crippen molar-refractivity contribution in [3.8, 4) is 0 Å². The van der Waals surface area contributed by atoms with Crippen LogP contribution in [-0.2, 0) is 45.0 Å². The van der Waals surface area contributed by atoms with Gasteiger partial charge in [0, 0.05) is 18.3 Å². The summed E-state index contributed by atoms with van der Waals surface area (Å²) in [5.74, 6) is 0. The minimum Gasteiger partial charge on any atom is -0.259 e. The molecule has 1 aliphatic heterocycles. The summed E-state index contributed by atoms with van der Waals surface area (Å²) < 4.78 is 69.9. The maximum atomic E-state index is 11.2. The monoisotopic (exact) mass is 372 g/mol. The lowest BCUT2D eigenvalue weighted by Gasteiger charge is -2.08. The highest BCUT2D eigenvalue weighted by molar-refractivity contribution is 7.48. The van der Waals surface area contributed by atoms with Gasteiger partial charge in [-0.2, -0.15) is 0 Å². The fourth-order valence-electron chi connectivity index (χ4n) is 0.675. The molecule has 1 saturated heterocycles. The first-order chi connectivity index (χ1) is 8.99. The molecule has 0 aromatic carbocycles. The molecule has 0 aromatic heterocycles. The van der Waals surface area contributed by atoms with Gasteiger partial charge >= 0.3 is 45.1 Å². The molecule has 0 spiro atoms. The first-order valence-electron chi connectivity index (χ1n) is 4.16. The highest BCUT2D eigenvalue weighted by Gasteiger charge is 2.59. The van der Waals surface area contributed by atoms with Crippen molar-refractivity contribution in [2.24, 2.45) is 22.9 Å². The summed E-state index contributed by atoms with van der Waals surface area (Å²) >= 11 is 0. The standard InChI is InChI=1S/C2H8N4O10P4/c3-1(4)11-17(7)15-19(9)13-2(5,6)14-20(10)16-18(8)12-1/h3-6H2/q+4. The Balaban J connectivity index is 2.92. The van der Waals surface area contributed by atoms with Gasteiger partial charge in [-0.15, -0.1) is 0 Å². The average molecular weight is 372 g/mol. The van der Waals surface area contributed by atoms with Gasteiger partial charge < -0.3 is 0 Å². The zero-order chi connectivity index (χ0) is 15.6. The normalized spacial score (nSPS) is 32.2. The molecule has 20 heavy (non-hydrogen) atoms. The molecular weight excluding hydrogens is 364 g/mol. The maximum Gasteiger partial charge on any atom is 0.753 e. The molecule has 0 aromatic rings. The quantitative estimate of drug-likeness (QED) is 0.318. The smallest absolute Gasteiger partial charge is 0.259 e. The van der Waals surface area contributed by atoms with E-state index in [-0.39, 0.29) is 0 Å². The van der Waals surface area contributed by atoms with Crippen molar-refractivity contribution in [1.29, 1.82) is 0 Å². The van der Waals surface area contributed by atoms with Crippen LogP contribution in [-0.4, -0.2) is 12.1 Å². The van der Waals surface area contributed by atoms with Gasteiger partial charge in [0.05, 0.1) is 0 Å². The molecule has 1 heterocycles. The molecule has 0 aliphatic carbocycles. The zero-order valence-electron chi connectivity index (χ0n) is 9.18. The molecule has 1 aliphatic rings. The third-order valence-corrected chi connectivity index (χ3v) is 5.01. The molecular formula is C2H8N4O10P4+4. The zero-order valence-corrected chi connectivity index (χ0v) is 12.8. The Labute approximate surface area is 114 Å². The van der Waals surface area contributed by atoms with Gasteiger partial charge in [0.1, 0.15) is 0 Å². The molecule has 0 radical (unpaired) electrons. The van der Waals surface area contributed by atoms with E-state index in [2.05, 4.69) is 26.7 Å². The van der Waals surface area contributed by atoms with E-state index in [1.54, 1.807) is 0 Å². The van der Waals surface area contributed by atoms with Crippen LogP contribution in [0, 0.1) is 0 Å². The van der Waals surface area contributed by atoms with Crippen molar-refractivity contribution < 1.29 is 45.0 Å². The minimum absolute atomic E-state index is 2.73.